The van der Waals surface area contributed by atoms with Gasteiger partial charge in [-0.05, 0) is 50.4 Å². The lowest BCUT2D eigenvalue weighted by molar-refractivity contribution is 0.449. The van der Waals surface area contributed by atoms with Crippen LogP contribution >= 0.6 is 0 Å². The van der Waals surface area contributed by atoms with Crippen molar-refractivity contribution in [2.45, 2.75) is 72.1 Å². The zero-order valence-corrected chi connectivity index (χ0v) is 10.9. The Balaban J connectivity index is 2.28. The Kier molecular flexibility index (Phi) is 6.05. The predicted molar refractivity (Wildman–Crippen MR) is 69.0 cm³/mol. The van der Waals surface area contributed by atoms with Gasteiger partial charge in [0, 0.05) is 0 Å². The molecule has 1 aliphatic rings. The van der Waals surface area contributed by atoms with Crippen molar-refractivity contribution in [3.05, 3.63) is 11.6 Å². The van der Waals surface area contributed by atoms with Crippen molar-refractivity contribution in [1.82, 2.24) is 0 Å². The SMILES string of the molecule is CCC(CC)CCC1=CCCC(C)CC1. The maximum absolute atomic E-state index is 2.53. The summed E-state index contributed by atoms with van der Waals surface area (Å²) in [7, 11) is 0. The highest BCUT2D eigenvalue weighted by Crippen LogP contribution is 2.27. The van der Waals surface area contributed by atoms with Crippen molar-refractivity contribution in [3.8, 4) is 0 Å². The van der Waals surface area contributed by atoms with E-state index in [0.29, 0.717) is 0 Å². The summed E-state index contributed by atoms with van der Waals surface area (Å²) < 4.78 is 0. The maximum atomic E-state index is 2.53. The van der Waals surface area contributed by atoms with Gasteiger partial charge in [-0.3, -0.25) is 0 Å². The van der Waals surface area contributed by atoms with Gasteiger partial charge in [-0.15, -0.1) is 0 Å². The molecule has 1 aliphatic carbocycles. The van der Waals surface area contributed by atoms with Crippen LogP contribution in [-0.2, 0) is 0 Å². The molecule has 0 fully saturated rings. The van der Waals surface area contributed by atoms with E-state index in [9.17, 15) is 0 Å². The summed E-state index contributed by atoms with van der Waals surface area (Å²) in [4.78, 5) is 0. The highest BCUT2D eigenvalue weighted by molar-refractivity contribution is 5.04. The second-order valence-electron chi connectivity index (χ2n) is 5.30. The van der Waals surface area contributed by atoms with Gasteiger partial charge >= 0.3 is 0 Å². The van der Waals surface area contributed by atoms with Gasteiger partial charge in [-0.1, -0.05) is 45.3 Å². The number of allylic oxidation sites excluding steroid dienone is 2. The zero-order chi connectivity index (χ0) is 11.1. The molecule has 0 aromatic rings. The smallest absolute Gasteiger partial charge is 0.0318 e. The molecular formula is C15H28. The van der Waals surface area contributed by atoms with Crippen LogP contribution in [0.1, 0.15) is 72.1 Å². The Morgan fingerprint density at radius 3 is 2.67 bits per heavy atom. The molecule has 0 nitrogen and oxygen atoms in total. The topological polar surface area (TPSA) is 0 Å². The number of hydrogen-bond acceptors (Lipinski definition) is 0. The van der Waals surface area contributed by atoms with Crippen LogP contribution in [0, 0.1) is 11.8 Å². The minimum Gasteiger partial charge on any atom is -0.0853 e. The second kappa shape index (κ2) is 7.09. The minimum absolute atomic E-state index is 0.951. The Morgan fingerprint density at radius 2 is 2.00 bits per heavy atom. The van der Waals surface area contributed by atoms with Crippen LogP contribution in [0.25, 0.3) is 0 Å². The molecule has 0 bridgehead atoms. The van der Waals surface area contributed by atoms with Crippen molar-refractivity contribution >= 4 is 0 Å². The van der Waals surface area contributed by atoms with Crippen molar-refractivity contribution < 1.29 is 0 Å². The van der Waals surface area contributed by atoms with Crippen LogP contribution in [0.15, 0.2) is 11.6 Å². The van der Waals surface area contributed by atoms with E-state index < -0.39 is 0 Å². The summed E-state index contributed by atoms with van der Waals surface area (Å²) in [5.74, 6) is 1.92. The quantitative estimate of drug-likeness (QED) is 0.535. The molecule has 0 spiro atoms. The molecule has 0 saturated carbocycles. The van der Waals surface area contributed by atoms with Gasteiger partial charge in [0.1, 0.15) is 0 Å². The number of hydrogen-bond donors (Lipinski definition) is 0. The summed E-state index contributed by atoms with van der Waals surface area (Å²) in [6.07, 6.45) is 13.6. The van der Waals surface area contributed by atoms with Crippen LogP contribution in [0.3, 0.4) is 0 Å². The lowest BCUT2D eigenvalue weighted by Crippen LogP contribution is -1.98. The van der Waals surface area contributed by atoms with Gasteiger partial charge in [0.15, 0.2) is 0 Å². The van der Waals surface area contributed by atoms with Gasteiger partial charge in [-0.25, -0.2) is 0 Å². The van der Waals surface area contributed by atoms with Crippen LogP contribution in [0.5, 0.6) is 0 Å². The van der Waals surface area contributed by atoms with E-state index in [0.717, 1.165) is 11.8 Å². The van der Waals surface area contributed by atoms with E-state index in [-0.39, 0.29) is 0 Å². The molecule has 1 unspecified atom stereocenters. The molecule has 1 atom stereocenters. The molecule has 0 saturated heterocycles. The Morgan fingerprint density at radius 1 is 1.27 bits per heavy atom. The van der Waals surface area contributed by atoms with E-state index in [4.69, 9.17) is 0 Å². The average Bonchev–Trinajstić information content (AvgIpc) is 2.45. The molecule has 0 radical (unpaired) electrons. The summed E-state index contributed by atoms with van der Waals surface area (Å²) >= 11 is 0. The fourth-order valence-electron chi connectivity index (χ4n) is 2.56. The molecule has 88 valence electrons. The van der Waals surface area contributed by atoms with Gasteiger partial charge in [0.25, 0.3) is 0 Å². The molecule has 0 N–H and O–H groups in total. The second-order valence-corrected chi connectivity index (χ2v) is 5.30. The van der Waals surface area contributed by atoms with E-state index in [1.54, 1.807) is 5.57 Å². The highest BCUT2D eigenvalue weighted by atomic mass is 14.2. The van der Waals surface area contributed by atoms with E-state index >= 15 is 0 Å². The van der Waals surface area contributed by atoms with Gasteiger partial charge in [0.05, 0.1) is 0 Å². The summed E-state index contributed by atoms with van der Waals surface area (Å²) in [5.41, 5.74) is 1.76. The van der Waals surface area contributed by atoms with Crippen molar-refractivity contribution in [2.75, 3.05) is 0 Å². The van der Waals surface area contributed by atoms with E-state index in [2.05, 4.69) is 26.8 Å². The fourth-order valence-corrected chi connectivity index (χ4v) is 2.56. The first-order chi connectivity index (χ1) is 7.26. The third kappa shape index (κ3) is 4.86. The van der Waals surface area contributed by atoms with Crippen LogP contribution < -0.4 is 0 Å². The zero-order valence-electron chi connectivity index (χ0n) is 10.9. The predicted octanol–water partition coefficient (Wildman–Crippen LogP) is 5.34. The molecule has 0 aromatic carbocycles. The molecular weight excluding hydrogens is 180 g/mol. The van der Waals surface area contributed by atoms with Crippen LogP contribution in [0.2, 0.25) is 0 Å². The summed E-state index contributed by atoms with van der Waals surface area (Å²) in [6, 6.07) is 0. The lowest BCUT2D eigenvalue weighted by Gasteiger charge is -2.13. The third-order valence-electron chi connectivity index (χ3n) is 4.08. The first-order valence-corrected chi connectivity index (χ1v) is 6.94. The van der Waals surface area contributed by atoms with Gasteiger partial charge in [-0.2, -0.15) is 0 Å². The van der Waals surface area contributed by atoms with Gasteiger partial charge in [0.2, 0.25) is 0 Å². The van der Waals surface area contributed by atoms with Crippen molar-refractivity contribution in [2.24, 2.45) is 11.8 Å². The molecule has 15 heavy (non-hydrogen) atoms. The standard InChI is InChI=1S/C15H28/c1-4-14(5-2)11-12-15-8-6-7-13(3)9-10-15/h8,13-14H,4-7,9-12H2,1-3H3. The Hall–Kier alpha value is -0.260. The minimum atomic E-state index is 0.951. The van der Waals surface area contributed by atoms with Gasteiger partial charge < -0.3 is 0 Å². The maximum Gasteiger partial charge on any atom is -0.0318 e. The normalized spacial score (nSPS) is 22.7. The Labute approximate surface area is 96.2 Å². The van der Waals surface area contributed by atoms with E-state index in [1.807, 2.05) is 0 Å². The largest absolute Gasteiger partial charge is 0.0853 e. The molecule has 0 heterocycles. The lowest BCUT2D eigenvalue weighted by atomic mass is 9.93. The fraction of sp³-hybridized carbons (Fsp3) is 0.867. The monoisotopic (exact) mass is 208 g/mol. The highest BCUT2D eigenvalue weighted by Gasteiger charge is 2.10. The molecule has 0 amide bonds. The first kappa shape index (κ1) is 12.8. The summed E-state index contributed by atoms with van der Waals surface area (Å²) in [5, 5.41) is 0. The average molecular weight is 208 g/mol. The first-order valence-electron chi connectivity index (χ1n) is 6.94. The molecule has 0 aliphatic heterocycles. The number of rotatable bonds is 5. The van der Waals surface area contributed by atoms with Crippen LogP contribution in [0.4, 0.5) is 0 Å². The van der Waals surface area contributed by atoms with Crippen LogP contribution in [-0.4, -0.2) is 0 Å². The Bertz CT molecular complexity index is 186. The third-order valence-corrected chi connectivity index (χ3v) is 4.08. The molecule has 1 rings (SSSR count). The van der Waals surface area contributed by atoms with Crippen molar-refractivity contribution in [3.63, 3.8) is 0 Å². The van der Waals surface area contributed by atoms with Crippen molar-refractivity contribution in [1.29, 1.82) is 0 Å². The molecule has 0 heteroatoms. The molecule has 0 aromatic heterocycles. The summed E-state index contributed by atoms with van der Waals surface area (Å²) in [6.45, 7) is 7.06. The van der Waals surface area contributed by atoms with E-state index in [1.165, 1.54) is 51.4 Å².